The number of aromatic nitrogens is 6. The number of aryl methyl sites for hydroxylation is 1. The Morgan fingerprint density at radius 1 is 1.25 bits per heavy atom. The third-order valence-corrected chi connectivity index (χ3v) is 4.06. The molecule has 0 aliphatic rings. The largest absolute Gasteiger partial charge is 0.490 e. The molecular formula is C15H16BF3N6O3. The third-order valence-electron chi connectivity index (χ3n) is 4.06. The zero-order chi connectivity index (χ0) is 20.3. The van der Waals surface area contributed by atoms with Crippen molar-refractivity contribution in [3.8, 4) is 11.3 Å². The molecule has 0 saturated carbocycles. The number of pyridine rings is 1. The van der Waals surface area contributed by atoms with Crippen LogP contribution in [-0.4, -0.2) is 60.1 Å². The van der Waals surface area contributed by atoms with Gasteiger partial charge in [-0.15, -0.1) is 0 Å². The van der Waals surface area contributed by atoms with Gasteiger partial charge < -0.3 is 14.8 Å². The summed E-state index contributed by atoms with van der Waals surface area (Å²) in [5.41, 5.74) is 1.13. The molecule has 13 heteroatoms. The number of hydrogen-bond donors (Lipinski definition) is 2. The fourth-order valence-corrected chi connectivity index (χ4v) is 2.72. The molecule has 0 bridgehead atoms. The van der Waals surface area contributed by atoms with E-state index in [-0.39, 0.29) is 24.2 Å². The van der Waals surface area contributed by atoms with Crippen molar-refractivity contribution in [3.05, 3.63) is 42.4 Å². The number of alkyl halides is 2. The third kappa shape index (κ3) is 4.38. The van der Waals surface area contributed by atoms with Crippen LogP contribution in [0.25, 0.3) is 11.3 Å². The summed E-state index contributed by atoms with van der Waals surface area (Å²) in [6, 6.07) is 2.36. The Kier molecular flexibility index (Phi) is 6.07. The van der Waals surface area contributed by atoms with Crippen LogP contribution in [0.2, 0.25) is 0 Å². The van der Waals surface area contributed by atoms with Crippen molar-refractivity contribution in [2.24, 2.45) is 7.05 Å². The van der Waals surface area contributed by atoms with Crippen LogP contribution in [-0.2, 0) is 11.8 Å². The second-order valence-corrected chi connectivity index (χ2v) is 5.89. The van der Waals surface area contributed by atoms with Gasteiger partial charge in [0, 0.05) is 30.5 Å². The Balaban J connectivity index is 1.90. The first-order valence-electron chi connectivity index (χ1n) is 8.18. The molecule has 3 rings (SSSR count). The highest BCUT2D eigenvalue weighted by Crippen LogP contribution is 2.25. The Hall–Kier alpha value is -2.77. The summed E-state index contributed by atoms with van der Waals surface area (Å²) in [7, 11) is -0.157. The standard InChI is InChI=1S/C15H16BF3N6O3/c1-24-13(14(17)22-23-24)9-6-21-25(8-9)12(4-5-28-15(18)19)11-3-2-10(7-20-11)16(26)27/h2-3,6-8,12,15,26-27H,4-5H2,1H3. The molecule has 3 heterocycles. The van der Waals surface area contributed by atoms with Crippen molar-refractivity contribution >= 4 is 12.6 Å². The first kappa shape index (κ1) is 20.0. The Labute approximate surface area is 157 Å². The molecule has 1 atom stereocenters. The van der Waals surface area contributed by atoms with Gasteiger partial charge >= 0.3 is 13.7 Å². The minimum atomic E-state index is -2.91. The predicted octanol–water partition coefficient (Wildman–Crippen LogP) is 0.111. The first-order valence-corrected chi connectivity index (χ1v) is 8.18. The second-order valence-electron chi connectivity index (χ2n) is 5.89. The molecule has 0 aromatic carbocycles. The topological polar surface area (TPSA) is 111 Å². The Morgan fingerprint density at radius 2 is 2.04 bits per heavy atom. The van der Waals surface area contributed by atoms with E-state index in [4.69, 9.17) is 0 Å². The van der Waals surface area contributed by atoms with E-state index in [1.165, 1.54) is 47.1 Å². The van der Waals surface area contributed by atoms with Crippen LogP contribution >= 0.6 is 0 Å². The molecule has 28 heavy (non-hydrogen) atoms. The van der Waals surface area contributed by atoms with Gasteiger partial charge in [-0.25, -0.2) is 4.68 Å². The quantitative estimate of drug-likeness (QED) is 0.520. The lowest BCUT2D eigenvalue weighted by Gasteiger charge is -2.17. The van der Waals surface area contributed by atoms with Gasteiger partial charge in [0.15, 0.2) is 0 Å². The summed E-state index contributed by atoms with van der Waals surface area (Å²) in [4.78, 5) is 4.15. The molecule has 0 radical (unpaired) electrons. The highest BCUT2D eigenvalue weighted by molar-refractivity contribution is 6.58. The molecule has 0 saturated heterocycles. The zero-order valence-electron chi connectivity index (χ0n) is 14.7. The van der Waals surface area contributed by atoms with Crippen molar-refractivity contribution in [2.45, 2.75) is 19.1 Å². The second kappa shape index (κ2) is 8.50. The Bertz CT molecular complexity index is 899. The first-order chi connectivity index (χ1) is 13.4. The number of rotatable bonds is 8. The molecule has 1 unspecified atom stereocenters. The minimum Gasteiger partial charge on any atom is -0.423 e. The van der Waals surface area contributed by atoms with Gasteiger partial charge in [-0.05, 0) is 12.5 Å². The zero-order valence-corrected chi connectivity index (χ0v) is 14.7. The SMILES string of the molecule is Cn1nnc(F)c1-c1cnn(C(CCOC(F)F)c2ccc(B(O)O)cn2)c1. The van der Waals surface area contributed by atoms with Gasteiger partial charge in [0.05, 0.1) is 24.5 Å². The van der Waals surface area contributed by atoms with E-state index in [1.54, 1.807) is 0 Å². The summed E-state index contributed by atoms with van der Waals surface area (Å²) in [5.74, 6) is -0.765. The summed E-state index contributed by atoms with van der Waals surface area (Å²) >= 11 is 0. The van der Waals surface area contributed by atoms with E-state index in [0.29, 0.717) is 11.3 Å². The molecule has 0 aliphatic carbocycles. The predicted molar refractivity (Wildman–Crippen MR) is 91.0 cm³/mol. The Morgan fingerprint density at radius 3 is 2.61 bits per heavy atom. The van der Waals surface area contributed by atoms with E-state index in [9.17, 15) is 23.2 Å². The fourth-order valence-electron chi connectivity index (χ4n) is 2.72. The van der Waals surface area contributed by atoms with E-state index in [1.807, 2.05) is 0 Å². The summed E-state index contributed by atoms with van der Waals surface area (Å²) in [6.45, 7) is -3.19. The highest BCUT2D eigenvalue weighted by Gasteiger charge is 2.21. The summed E-state index contributed by atoms with van der Waals surface area (Å²) < 4.78 is 45.5. The number of ether oxygens (including phenoxy) is 1. The van der Waals surface area contributed by atoms with Crippen LogP contribution in [0.4, 0.5) is 13.2 Å². The lowest BCUT2D eigenvalue weighted by atomic mass is 9.81. The molecule has 0 amide bonds. The number of halogens is 3. The molecular weight excluding hydrogens is 380 g/mol. The maximum Gasteiger partial charge on any atom is 0.490 e. The normalized spacial score (nSPS) is 12.5. The van der Waals surface area contributed by atoms with E-state index in [0.717, 1.165) is 0 Å². The van der Waals surface area contributed by atoms with Crippen LogP contribution in [0.5, 0.6) is 0 Å². The van der Waals surface area contributed by atoms with Gasteiger partial charge in [-0.2, -0.15) is 18.3 Å². The number of hydrogen-bond acceptors (Lipinski definition) is 7. The van der Waals surface area contributed by atoms with E-state index >= 15 is 0 Å². The molecule has 3 aromatic rings. The lowest BCUT2D eigenvalue weighted by molar-refractivity contribution is -0.130. The molecule has 2 N–H and O–H groups in total. The van der Waals surface area contributed by atoms with Crippen molar-refractivity contribution in [1.29, 1.82) is 0 Å². The molecule has 0 spiro atoms. The van der Waals surface area contributed by atoms with Crippen LogP contribution in [0.15, 0.2) is 30.7 Å². The minimum absolute atomic E-state index is 0.103. The maximum atomic E-state index is 13.8. The molecule has 9 nitrogen and oxygen atoms in total. The highest BCUT2D eigenvalue weighted by atomic mass is 19.3. The maximum absolute atomic E-state index is 13.8. The number of nitrogens with zero attached hydrogens (tertiary/aromatic N) is 6. The molecule has 3 aromatic heterocycles. The lowest BCUT2D eigenvalue weighted by Crippen LogP contribution is -2.30. The van der Waals surface area contributed by atoms with Crippen LogP contribution in [0.3, 0.4) is 0 Å². The van der Waals surface area contributed by atoms with E-state index in [2.05, 4.69) is 25.1 Å². The van der Waals surface area contributed by atoms with Crippen LogP contribution in [0.1, 0.15) is 18.2 Å². The summed E-state index contributed by atoms with van der Waals surface area (Å²) in [5, 5.41) is 29.5. The average molecular weight is 396 g/mol. The van der Waals surface area contributed by atoms with Crippen molar-refractivity contribution in [1.82, 2.24) is 29.8 Å². The van der Waals surface area contributed by atoms with Crippen LogP contribution in [0, 0.1) is 5.95 Å². The van der Waals surface area contributed by atoms with Gasteiger partial charge in [-0.3, -0.25) is 9.67 Å². The smallest absolute Gasteiger partial charge is 0.423 e. The molecule has 0 aliphatic heterocycles. The molecule has 0 fully saturated rings. The van der Waals surface area contributed by atoms with Crippen LogP contribution < -0.4 is 5.46 Å². The van der Waals surface area contributed by atoms with Gasteiger partial charge in [0.25, 0.3) is 5.95 Å². The van der Waals surface area contributed by atoms with Gasteiger partial charge in [0.1, 0.15) is 5.69 Å². The average Bonchev–Trinajstić information content (AvgIpc) is 3.25. The van der Waals surface area contributed by atoms with Crippen molar-refractivity contribution in [3.63, 3.8) is 0 Å². The van der Waals surface area contributed by atoms with Crippen molar-refractivity contribution < 1.29 is 28.0 Å². The van der Waals surface area contributed by atoms with Gasteiger partial charge in [0.2, 0.25) is 0 Å². The molecule has 148 valence electrons. The van der Waals surface area contributed by atoms with Gasteiger partial charge in [-0.1, -0.05) is 16.4 Å². The fraction of sp³-hybridized carbons (Fsp3) is 0.333. The van der Waals surface area contributed by atoms with E-state index < -0.39 is 25.7 Å². The summed E-state index contributed by atoms with van der Waals surface area (Å²) in [6.07, 6.45) is 4.28. The monoisotopic (exact) mass is 396 g/mol. The van der Waals surface area contributed by atoms with Crippen molar-refractivity contribution in [2.75, 3.05) is 6.61 Å².